The Morgan fingerprint density at radius 2 is 0.605 bits per heavy atom. The molecule has 0 aliphatic rings. The van der Waals surface area contributed by atoms with Crippen LogP contribution < -0.4 is 19.3 Å². The van der Waals surface area contributed by atoms with Gasteiger partial charge in [-0.15, -0.1) is 6.07 Å². The number of nitrogens with two attached hydrogens (primary N) is 1. The Hall–Kier alpha value is -5.38. The van der Waals surface area contributed by atoms with Crippen molar-refractivity contribution >= 4 is 13.0 Å². The van der Waals surface area contributed by atoms with Gasteiger partial charge in [-0.2, -0.15) is 124 Å². The van der Waals surface area contributed by atoms with Crippen molar-refractivity contribution in [2.24, 2.45) is 0 Å². The van der Waals surface area contributed by atoms with Crippen molar-refractivity contribution in [3.8, 4) is 17.2 Å². The van der Waals surface area contributed by atoms with Crippen LogP contribution in [0.2, 0.25) is 0 Å². The predicted octanol–water partition coefficient (Wildman–Crippen LogP) is 22.0. The average Bonchev–Trinajstić information content (AvgIpc) is 0.926. The van der Waals surface area contributed by atoms with Gasteiger partial charge in [-0.3, -0.25) is 0 Å². The normalized spacial score (nSPS) is 13.2. The van der Waals surface area contributed by atoms with Crippen molar-refractivity contribution in [1.29, 1.82) is 0 Å². The Morgan fingerprint density at radius 1 is 0.326 bits per heavy atom. The molecule has 4 rings (SSSR count). The maximum absolute atomic E-state index is 15.4. The summed E-state index contributed by atoms with van der Waals surface area (Å²) in [5.41, 5.74) is -17.4. The summed E-state index contributed by atoms with van der Waals surface area (Å²) in [5.74, 6) is -4.60. The lowest BCUT2D eigenvalue weighted by molar-refractivity contribution is -0.660. The van der Waals surface area contributed by atoms with Crippen molar-refractivity contribution in [1.82, 2.24) is 0 Å². The second-order valence-corrected chi connectivity index (χ2v) is 20.6. The molecule has 486 valence electrons. The zero-order valence-corrected chi connectivity index (χ0v) is 46.7. The molecule has 0 bridgehead atoms. The first-order chi connectivity index (χ1) is 39.5. The Labute approximate surface area is 481 Å². The first-order valence-corrected chi connectivity index (χ1v) is 27.5. The van der Waals surface area contributed by atoms with Crippen LogP contribution >= 0.6 is 0 Å². The highest BCUT2D eigenvalue weighted by atomic mass is 19.4. The summed E-state index contributed by atoms with van der Waals surface area (Å²) in [7, 11) is -3.28. The van der Waals surface area contributed by atoms with E-state index in [4.69, 9.17) is 14.0 Å². The maximum Gasteiger partial charge on any atom is 0.864 e. The van der Waals surface area contributed by atoms with E-state index in [9.17, 15) is 92.2 Å². The summed E-state index contributed by atoms with van der Waals surface area (Å²) in [6.45, 7) is 5.97. The molecular formula is C57H64BF24NO3. The Kier molecular flexibility index (Phi) is 27.6. The fourth-order valence-electron chi connectivity index (χ4n) is 9.13. The van der Waals surface area contributed by atoms with E-state index in [0.717, 1.165) is 82.4 Å². The van der Waals surface area contributed by atoms with Crippen LogP contribution in [0, 0.1) is 6.07 Å². The Balaban J connectivity index is 0.00000121. The lowest BCUT2D eigenvalue weighted by atomic mass is 9.81. The second kappa shape index (κ2) is 31.7. The average molecular weight is 1280 g/mol. The summed E-state index contributed by atoms with van der Waals surface area (Å²) in [6.07, 6.45) is -29.3. The largest absolute Gasteiger partial charge is 0.864 e. The molecule has 86 heavy (non-hydrogen) atoms. The molecule has 0 unspecified atom stereocenters. The molecule has 29 heteroatoms. The van der Waals surface area contributed by atoms with Gasteiger partial charge in [-0.05, 0) is 67.8 Å². The summed E-state index contributed by atoms with van der Waals surface area (Å²) < 4.78 is 345. The zero-order valence-electron chi connectivity index (χ0n) is 46.7. The van der Waals surface area contributed by atoms with E-state index < -0.39 is 142 Å². The third kappa shape index (κ3) is 25.4. The van der Waals surface area contributed by atoms with Crippen molar-refractivity contribution in [2.75, 3.05) is 0 Å². The van der Waals surface area contributed by atoms with Gasteiger partial charge in [-0.25, -0.2) is 0 Å². The molecule has 0 fully saturated rings. The summed E-state index contributed by atoms with van der Waals surface area (Å²) >= 11 is 0. The number of benzene rings is 4. The topological polar surface area (TPSA) is 44.3 Å². The fraction of sp³-hybridized carbons (Fsp3) is 0.579. The highest BCUT2D eigenvalue weighted by molar-refractivity contribution is 6.39. The van der Waals surface area contributed by atoms with Gasteiger partial charge in [0.25, 0.3) is 0 Å². The van der Waals surface area contributed by atoms with Crippen molar-refractivity contribution in [3.63, 3.8) is 0 Å². The van der Waals surface area contributed by atoms with Gasteiger partial charge in [0.2, 0.25) is 0 Å². The molecule has 0 saturated carbocycles. The number of unbranched alkanes of at least 4 members (excludes halogenated alkanes) is 15. The lowest BCUT2D eigenvalue weighted by Crippen LogP contribution is -2.92. The highest BCUT2D eigenvalue weighted by Gasteiger charge is 2.48. The fourth-order valence-corrected chi connectivity index (χ4v) is 9.13. The van der Waals surface area contributed by atoms with Gasteiger partial charge in [-0.1, -0.05) is 128 Å². The van der Waals surface area contributed by atoms with Crippen LogP contribution in [0.4, 0.5) is 111 Å². The first kappa shape index (κ1) is 74.9. The predicted molar refractivity (Wildman–Crippen MR) is 271 cm³/mol. The lowest BCUT2D eigenvalue weighted by Gasteiger charge is -2.34. The maximum atomic E-state index is 15.4. The van der Waals surface area contributed by atoms with Crippen LogP contribution in [-0.2, 0) is 49.4 Å². The number of quaternary nitrogens is 1. The van der Waals surface area contributed by atoms with Crippen LogP contribution in [0.1, 0.15) is 200 Å². The van der Waals surface area contributed by atoms with Gasteiger partial charge in [0.1, 0.15) is 22.6 Å². The monoisotopic (exact) mass is 1280 g/mol. The van der Waals surface area contributed by atoms with Crippen molar-refractivity contribution < 1.29 is 125 Å². The molecule has 2 N–H and O–H groups in total. The van der Waals surface area contributed by atoms with Crippen LogP contribution in [0.3, 0.4) is 0 Å². The van der Waals surface area contributed by atoms with E-state index in [-0.39, 0.29) is 61.7 Å². The molecule has 0 saturated heterocycles. The van der Waals surface area contributed by atoms with E-state index >= 15 is 13.2 Å². The molecule has 0 radical (unpaired) electrons. The molecule has 0 aromatic heterocycles. The molecule has 0 amide bonds. The molecular weight excluding hydrogens is 1210 g/mol. The smallest absolute Gasteiger partial charge is 0.490 e. The standard InChI is InChI=1S/C49H60BF18NO3.C8H3F6/c1-4-7-10-13-16-19-22-43(23-20-17-14-11-8-5-2,24-21-18-15-12-9-6-3)69-42-40(49(66,67)68)31-37(48(63,64)65)32-41(42)72-50(70-38-27-33(44(51,52)53)25-34(28-38)45(54,55)56)71-39-29-35(46(57,58)59)26-36(30-39)47(60,61)62;9-7(10,11)5-2-1-3-6(4-5)8(12,13)14/h25-32,69H,4-24H2,1-3H3;2-4H/q;-1/p+1. The molecule has 4 aromatic rings. The molecule has 0 heterocycles. The third-order valence-corrected chi connectivity index (χ3v) is 13.6. The van der Waals surface area contributed by atoms with E-state index in [1.165, 1.54) is 0 Å². The summed E-state index contributed by atoms with van der Waals surface area (Å²) in [5, 5.41) is 1.09. The number of hydrogen-bond acceptors (Lipinski definition) is 3. The van der Waals surface area contributed by atoms with Crippen molar-refractivity contribution in [2.45, 2.75) is 211 Å². The minimum absolute atomic E-state index is 0.00631. The molecule has 4 aromatic carbocycles. The molecule has 0 aliphatic carbocycles. The number of rotatable bonds is 29. The van der Waals surface area contributed by atoms with Gasteiger partial charge >= 0.3 is 56.7 Å². The van der Waals surface area contributed by atoms with Gasteiger partial charge in [0.15, 0.2) is 11.4 Å². The zero-order chi connectivity index (χ0) is 65.2. The minimum atomic E-state index is -5.65. The quantitative estimate of drug-likeness (QED) is 0.0194. The van der Waals surface area contributed by atoms with Crippen LogP contribution in [0.25, 0.3) is 0 Å². The highest BCUT2D eigenvalue weighted by Crippen LogP contribution is 2.46. The second-order valence-electron chi connectivity index (χ2n) is 20.6. The van der Waals surface area contributed by atoms with E-state index in [0.29, 0.717) is 50.7 Å². The molecule has 0 atom stereocenters. The first-order valence-electron chi connectivity index (χ1n) is 27.5. The van der Waals surface area contributed by atoms with Gasteiger partial charge in [0, 0.05) is 19.3 Å². The third-order valence-electron chi connectivity index (χ3n) is 13.6. The van der Waals surface area contributed by atoms with Gasteiger partial charge in [0.05, 0.1) is 27.8 Å². The molecule has 0 aliphatic heterocycles. The van der Waals surface area contributed by atoms with Crippen molar-refractivity contribution in [3.05, 3.63) is 117 Å². The molecule has 0 spiro atoms. The van der Waals surface area contributed by atoms with E-state index in [2.05, 4.69) is 0 Å². The van der Waals surface area contributed by atoms with Crippen LogP contribution in [0.5, 0.6) is 17.2 Å². The minimum Gasteiger partial charge on any atom is -0.490 e. The SMILES string of the molecule is CCCCCCCCC(CCCCCCCC)(CCCCCCCC)[NH2+]c1c(OB(Oc2cc(C(F)(F)F)cc(C(F)(F)F)c2)Oc2cc(C(F)(F)F)cc(C(F)(F)F)c2)cc(C(F)(F)F)cc1C(F)(F)F.FC(F)(F)c1c[c-]cc(C(F)(F)F)c1. The van der Waals surface area contributed by atoms with E-state index in [1.54, 1.807) is 6.07 Å². The molecule has 4 nitrogen and oxygen atoms in total. The Morgan fingerprint density at radius 3 is 0.895 bits per heavy atom. The summed E-state index contributed by atoms with van der Waals surface area (Å²) in [4.78, 5) is 0. The number of alkyl halides is 24. The van der Waals surface area contributed by atoms with E-state index in [1.807, 2.05) is 20.8 Å². The number of halogens is 24. The van der Waals surface area contributed by atoms with Crippen LogP contribution in [0.15, 0.2) is 66.7 Å². The number of hydrogen-bond donors (Lipinski definition) is 1. The van der Waals surface area contributed by atoms with Crippen LogP contribution in [-0.4, -0.2) is 12.9 Å². The summed E-state index contributed by atoms with van der Waals surface area (Å²) in [6, 6.07) is 1.26. The Bertz CT molecular complexity index is 2460. The van der Waals surface area contributed by atoms with Gasteiger partial charge < -0.3 is 19.3 Å².